The summed E-state index contributed by atoms with van der Waals surface area (Å²) in [5, 5.41) is 0.685. The van der Waals surface area contributed by atoms with E-state index >= 15 is 0 Å². The molecule has 0 radical (unpaired) electrons. The second-order valence-corrected chi connectivity index (χ2v) is 4.23. The van der Waals surface area contributed by atoms with E-state index in [1.807, 2.05) is 25.1 Å². The van der Waals surface area contributed by atoms with Crippen molar-refractivity contribution in [3.05, 3.63) is 40.4 Å². The molecule has 0 aliphatic rings. The van der Waals surface area contributed by atoms with E-state index < -0.39 is 0 Å². The number of nitrogens with two attached hydrogens (primary N) is 1. The van der Waals surface area contributed by atoms with Crippen molar-refractivity contribution in [2.45, 2.75) is 19.4 Å². The quantitative estimate of drug-likeness (QED) is 0.881. The van der Waals surface area contributed by atoms with Crippen LogP contribution in [0.1, 0.15) is 12.5 Å². The Bertz CT molecular complexity index is 364. The van der Waals surface area contributed by atoms with E-state index in [4.69, 9.17) is 33.7 Å². The Balaban J connectivity index is 2.84. The van der Waals surface area contributed by atoms with Gasteiger partial charge in [-0.1, -0.05) is 29.3 Å². The Hall–Kier alpha value is -0.700. The van der Waals surface area contributed by atoms with Crippen molar-refractivity contribution in [3.8, 4) is 5.75 Å². The van der Waals surface area contributed by atoms with E-state index in [9.17, 15) is 0 Å². The first kappa shape index (κ1) is 13.4. The smallest absolute Gasteiger partial charge is 0.124 e. The molecule has 2 nitrogen and oxygen atoms in total. The summed E-state index contributed by atoms with van der Waals surface area (Å²) in [6.07, 6.45) is 2.41. The third kappa shape index (κ3) is 4.05. The van der Waals surface area contributed by atoms with Crippen LogP contribution in [-0.2, 0) is 6.42 Å². The molecule has 0 fully saturated rings. The molecular formula is C12H15Cl2NO. The molecule has 1 aromatic carbocycles. The Morgan fingerprint density at radius 2 is 2.25 bits per heavy atom. The molecule has 1 unspecified atom stereocenters. The van der Waals surface area contributed by atoms with Crippen LogP contribution in [0.4, 0.5) is 0 Å². The summed E-state index contributed by atoms with van der Waals surface area (Å²) < 4.78 is 5.55. The van der Waals surface area contributed by atoms with Gasteiger partial charge in [-0.2, -0.15) is 0 Å². The molecule has 2 N–H and O–H groups in total. The normalized spacial score (nSPS) is 13.0. The molecule has 0 aliphatic heterocycles. The summed E-state index contributed by atoms with van der Waals surface area (Å²) in [5.74, 6) is 0.763. The van der Waals surface area contributed by atoms with E-state index in [0.29, 0.717) is 18.1 Å². The topological polar surface area (TPSA) is 35.2 Å². The van der Waals surface area contributed by atoms with Crippen molar-refractivity contribution in [1.82, 2.24) is 0 Å². The van der Waals surface area contributed by atoms with Crippen molar-refractivity contribution < 1.29 is 4.74 Å². The fourth-order valence-corrected chi connectivity index (χ4v) is 1.68. The van der Waals surface area contributed by atoms with Crippen molar-refractivity contribution >= 4 is 23.2 Å². The molecule has 0 amide bonds. The lowest BCUT2D eigenvalue weighted by molar-refractivity contribution is 0.358. The van der Waals surface area contributed by atoms with Gasteiger partial charge in [0, 0.05) is 22.2 Å². The Morgan fingerprint density at radius 1 is 1.50 bits per heavy atom. The van der Waals surface area contributed by atoms with Gasteiger partial charge >= 0.3 is 0 Å². The van der Waals surface area contributed by atoms with Crippen LogP contribution in [0.25, 0.3) is 0 Å². The highest BCUT2D eigenvalue weighted by atomic mass is 35.5. The highest BCUT2D eigenvalue weighted by molar-refractivity contribution is 6.31. The van der Waals surface area contributed by atoms with Crippen molar-refractivity contribution in [2.75, 3.05) is 6.61 Å². The maximum atomic E-state index is 6.11. The molecule has 1 rings (SSSR count). The van der Waals surface area contributed by atoms with E-state index in [0.717, 1.165) is 11.3 Å². The summed E-state index contributed by atoms with van der Waals surface area (Å²) in [6.45, 7) is 2.36. The zero-order valence-electron chi connectivity index (χ0n) is 9.12. The summed E-state index contributed by atoms with van der Waals surface area (Å²) in [7, 11) is 0. The van der Waals surface area contributed by atoms with Gasteiger partial charge in [-0.15, -0.1) is 0 Å². The molecule has 4 heteroatoms. The lowest BCUT2D eigenvalue weighted by Gasteiger charge is -2.13. The van der Waals surface area contributed by atoms with Crippen LogP contribution < -0.4 is 10.5 Å². The summed E-state index contributed by atoms with van der Waals surface area (Å²) in [5.41, 5.74) is 8.14. The number of benzene rings is 1. The van der Waals surface area contributed by atoms with Crippen molar-refractivity contribution in [1.29, 1.82) is 0 Å². The van der Waals surface area contributed by atoms with E-state index in [2.05, 4.69) is 0 Å². The zero-order valence-corrected chi connectivity index (χ0v) is 10.6. The molecule has 0 aliphatic carbocycles. The minimum absolute atomic E-state index is 0.0471. The van der Waals surface area contributed by atoms with E-state index in [1.54, 1.807) is 6.08 Å². The lowest BCUT2D eigenvalue weighted by atomic mass is 10.1. The maximum Gasteiger partial charge on any atom is 0.124 e. The van der Waals surface area contributed by atoms with Gasteiger partial charge in [-0.3, -0.25) is 0 Å². The van der Waals surface area contributed by atoms with Gasteiger partial charge in [0.25, 0.3) is 0 Å². The van der Waals surface area contributed by atoms with Crippen molar-refractivity contribution in [2.24, 2.45) is 5.73 Å². The van der Waals surface area contributed by atoms with Gasteiger partial charge in [0.05, 0.1) is 0 Å². The van der Waals surface area contributed by atoms with E-state index in [-0.39, 0.29) is 6.04 Å². The SMILES string of the molecule is CC(N)Cc1c(Cl)cccc1OC/C=C/Cl. The first-order valence-electron chi connectivity index (χ1n) is 5.06. The van der Waals surface area contributed by atoms with Gasteiger partial charge in [0.1, 0.15) is 12.4 Å². The predicted molar refractivity (Wildman–Crippen MR) is 69.3 cm³/mol. The first-order chi connectivity index (χ1) is 7.65. The standard InChI is InChI=1S/C12H15Cl2NO/c1-9(15)8-10-11(14)4-2-5-12(10)16-7-3-6-13/h2-6,9H,7-8,15H2,1H3/b6-3+. The van der Waals surface area contributed by atoms with Crippen LogP contribution in [0, 0.1) is 0 Å². The molecule has 0 aromatic heterocycles. The van der Waals surface area contributed by atoms with Gasteiger partial charge in [-0.25, -0.2) is 0 Å². The lowest BCUT2D eigenvalue weighted by Crippen LogP contribution is -2.18. The van der Waals surface area contributed by atoms with Crippen LogP contribution in [0.2, 0.25) is 5.02 Å². The van der Waals surface area contributed by atoms with Crippen LogP contribution >= 0.6 is 23.2 Å². The van der Waals surface area contributed by atoms with Crippen LogP contribution in [0.3, 0.4) is 0 Å². The van der Waals surface area contributed by atoms with Crippen LogP contribution in [0.5, 0.6) is 5.75 Å². The molecule has 1 atom stereocenters. The number of hydrogen-bond donors (Lipinski definition) is 1. The first-order valence-corrected chi connectivity index (χ1v) is 5.87. The summed E-state index contributed by atoms with van der Waals surface area (Å²) in [6, 6.07) is 5.62. The Labute approximate surface area is 106 Å². The predicted octanol–water partition coefficient (Wildman–Crippen LogP) is 3.36. The van der Waals surface area contributed by atoms with Gasteiger partial charge in [0.15, 0.2) is 0 Å². The second kappa shape index (κ2) is 6.79. The fourth-order valence-electron chi connectivity index (χ4n) is 1.37. The Kier molecular flexibility index (Phi) is 5.67. The molecule has 16 heavy (non-hydrogen) atoms. The number of rotatable bonds is 5. The fraction of sp³-hybridized carbons (Fsp3) is 0.333. The largest absolute Gasteiger partial charge is 0.489 e. The molecule has 88 valence electrons. The maximum absolute atomic E-state index is 6.11. The Morgan fingerprint density at radius 3 is 2.88 bits per heavy atom. The van der Waals surface area contributed by atoms with E-state index in [1.165, 1.54) is 5.54 Å². The minimum atomic E-state index is 0.0471. The minimum Gasteiger partial charge on any atom is -0.489 e. The summed E-state index contributed by atoms with van der Waals surface area (Å²) in [4.78, 5) is 0. The molecule has 1 aromatic rings. The third-order valence-electron chi connectivity index (χ3n) is 2.03. The molecule has 0 spiro atoms. The van der Waals surface area contributed by atoms with Gasteiger partial charge in [0.2, 0.25) is 0 Å². The summed E-state index contributed by atoms with van der Waals surface area (Å²) >= 11 is 11.5. The molecule has 0 bridgehead atoms. The second-order valence-electron chi connectivity index (χ2n) is 3.57. The molecule has 0 saturated carbocycles. The molecular weight excluding hydrogens is 245 g/mol. The molecule has 0 heterocycles. The van der Waals surface area contributed by atoms with Crippen LogP contribution in [-0.4, -0.2) is 12.6 Å². The van der Waals surface area contributed by atoms with Gasteiger partial charge in [-0.05, 0) is 31.6 Å². The highest BCUT2D eigenvalue weighted by Gasteiger charge is 2.09. The average Bonchev–Trinajstić information content (AvgIpc) is 2.23. The number of halogens is 2. The number of ether oxygens (including phenoxy) is 1. The monoisotopic (exact) mass is 259 g/mol. The highest BCUT2D eigenvalue weighted by Crippen LogP contribution is 2.27. The zero-order chi connectivity index (χ0) is 12.0. The van der Waals surface area contributed by atoms with Crippen LogP contribution in [0.15, 0.2) is 29.8 Å². The molecule has 0 saturated heterocycles. The average molecular weight is 260 g/mol. The van der Waals surface area contributed by atoms with Crippen molar-refractivity contribution in [3.63, 3.8) is 0 Å². The van der Waals surface area contributed by atoms with Gasteiger partial charge < -0.3 is 10.5 Å². The number of hydrogen-bond acceptors (Lipinski definition) is 2. The third-order valence-corrected chi connectivity index (χ3v) is 2.56.